The van der Waals surface area contributed by atoms with E-state index in [1.54, 1.807) is 30.5 Å². The highest BCUT2D eigenvalue weighted by Crippen LogP contribution is 2.19. The van der Waals surface area contributed by atoms with Crippen molar-refractivity contribution >= 4 is 34.9 Å². The molecule has 0 bridgehead atoms. The number of anilines is 4. The lowest BCUT2D eigenvalue weighted by molar-refractivity contribution is 0.400. The number of rotatable bonds is 4. The van der Waals surface area contributed by atoms with Gasteiger partial charge in [-0.15, -0.1) is 0 Å². The topological polar surface area (TPSA) is 75.9 Å². The maximum Gasteiger partial charge on any atom is 0.229 e. The Hall–Kier alpha value is -2.60. The molecule has 106 valence electrons. The summed E-state index contributed by atoms with van der Waals surface area (Å²) >= 11 is 5.94. The molecular formula is C14H12ClN5O. The molecule has 3 rings (SSSR count). The zero-order valence-electron chi connectivity index (χ0n) is 11.2. The lowest BCUT2D eigenvalue weighted by Gasteiger charge is -2.06. The van der Waals surface area contributed by atoms with Gasteiger partial charge in [0.2, 0.25) is 5.95 Å². The van der Waals surface area contributed by atoms with Crippen LogP contribution in [-0.2, 0) is 0 Å². The number of hydrogen-bond donors (Lipinski definition) is 2. The van der Waals surface area contributed by atoms with Crippen molar-refractivity contribution < 1.29 is 4.52 Å². The second-order valence-corrected chi connectivity index (χ2v) is 4.79. The van der Waals surface area contributed by atoms with Crippen molar-refractivity contribution in [3.63, 3.8) is 0 Å². The van der Waals surface area contributed by atoms with Crippen LogP contribution in [0, 0.1) is 6.92 Å². The van der Waals surface area contributed by atoms with Gasteiger partial charge in [0, 0.05) is 23.0 Å². The summed E-state index contributed by atoms with van der Waals surface area (Å²) in [5, 5.41) is 10.6. The van der Waals surface area contributed by atoms with Crippen molar-refractivity contribution in [3.8, 4) is 0 Å². The number of hydrogen-bond acceptors (Lipinski definition) is 6. The number of halogens is 1. The third-order valence-electron chi connectivity index (χ3n) is 2.62. The molecule has 6 nitrogen and oxygen atoms in total. The number of aromatic nitrogens is 3. The van der Waals surface area contributed by atoms with Crippen molar-refractivity contribution in [2.75, 3.05) is 10.6 Å². The quantitative estimate of drug-likeness (QED) is 0.761. The Balaban J connectivity index is 1.76. The average molecular weight is 302 g/mol. The summed E-state index contributed by atoms with van der Waals surface area (Å²) in [6, 6.07) is 10.9. The summed E-state index contributed by atoms with van der Waals surface area (Å²) in [4.78, 5) is 8.51. The Morgan fingerprint density at radius 2 is 2.00 bits per heavy atom. The van der Waals surface area contributed by atoms with E-state index >= 15 is 0 Å². The first-order valence-electron chi connectivity index (χ1n) is 6.25. The van der Waals surface area contributed by atoms with Crippen molar-refractivity contribution in [2.45, 2.75) is 6.92 Å². The van der Waals surface area contributed by atoms with Crippen LogP contribution in [0.25, 0.3) is 0 Å². The van der Waals surface area contributed by atoms with Crippen LogP contribution in [-0.4, -0.2) is 15.1 Å². The van der Waals surface area contributed by atoms with Crippen LogP contribution in [0.1, 0.15) is 5.76 Å². The molecule has 0 aliphatic heterocycles. The molecule has 2 heterocycles. The fourth-order valence-corrected chi connectivity index (χ4v) is 1.93. The van der Waals surface area contributed by atoms with Gasteiger partial charge in [0.1, 0.15) is 11.6 Å². The van der Waals surface area contributed by atoms with Crippen LogP contribution < -0.4 is 10.6 Å². The molecular weight excluding hydrogens is 290 g/mol. The minimum atomic E-state index is 0.461. The van der Waals surface area contributed by atoms with Crippen LogP contribution in [0.5, 0.6) is 0 Å². The van der Waals surface area contributed by atoms with E-state index in [0.717, 1.165) is 11.4 Å². The molecule has 21 heavy (non-hydrogen) atoms. The fourth-order valence-electron chi connectivity index (χ4n) is 1.74. The maximum absolute atomic E-state index is 5.94. The lowest BCUT2D eigenvalue weighted by Crippen LogP contribution is -2.00. The van der Waals surface area contributed by atoms with Crippen LogP contribution in [0.4, 0.5) is 23.3 Å². The van der Waals surface area contributed by atoms with Gasteiger partial charge in [0.25, 0.3) is 0 Å². The highest BCUT2D eigenvalue weighted by Gasteiger charge is 2.04. The Morgan fingerprint density at radius 3 is 2.76 bits per heavy atom. The Labute approximate surface area is 126 Å². The van der Waals surface area contributed by atoms with Crippen molar-refractivity contribution in [1.82, 2.24) is 15.1 Å². The van der Waals surface area contributed by atoms with Gasteiger partial charge in [-0.2, -0.15) is 4.98 Å². The van der Waals surface area contributed by atoms with Crippen LogP contribution >= 0.6 is 11.6 Å². The van der Waals surface area contributed by atoms with E-state index in [1.807, 2.05) is 19.1 Å². The van der Waals surface area contributed by atoms with Crippen LogP contribution in [0.3, 0.4) is 0 Å². The summed E-state index contributed by atoms with van der Waals surface area (Å²) < 4.78 is 4.99. The summed E-state index contributed by atoms with van der Waals surface area (Å²) in [5.74, 6) is 2.40. The van der Waals surface area contributed by atoms with Gasteiger partial charge >= 0.3 is 0 Å². The third kappa shape index (κ3) is 3.49. The van der Waals surface area contributed by atoms with E-state index in [9.17, 15) is 0 Å². The fraction of sp³-hybridized carbons (Fsp3) is 0.0714. The molecule has 0 atom stereocenters. The SMILES string of the molecule is Cc1cc(Nc2ccnc(Nc3cccc(Cl)c3)n2)no1. The summed E-state index contributed by atoms with van der Waals surface area (Å²) in [6.07, 6.45) is 1.65. The zero-order valence-corrected chi connectivity index (χ0v) is 11.9. The van der Waals surface area contributed by atoms with E-state index in [4.69, 9.17) is 16.1 Å². The normalized spacial score (nSPS) is 10.4. The van der Waals surface area contributed by atoms with Gasteiger partial charge in [0.05, 0.1) is 0 Å². The average Bonchev–Trinajstić information content (AvgIpc) is 2.84. The first-order valence-corrected chi connectivity index (χ1v) is 6.63. The molecule has 1 aromatic carbocycles. The third-order valence-corrected chi connectivity index (χ3v) is 2.86. The van der Waals surface area contributed by atoms with E-state index in [1.165, 1.54) is 0 Å². The minimum absolute atomic E-state index is 0.461. The van der Waals surface area contributed by atoms with E-state index in [0.29, 0.717) is 22.6 Å². The first-order chi connectivity index (χ1) is 10.2. The van der Waals surface area contributed by atoms with Gasteiger partial charge in [-0.3, -0.25) is 0 Å². The molecule has 0 aliphatic carbocycles. The standard InChI is InChI=1S/C14H12ClN5O/c1-9-7-13(20-21-9)18-12-5-6-16-14(19-12)17-11-4-2-3-10(15)8-11/h2-8H,1H3,(H2,16,17,18,19,20). The monoisotopic (exact) mass is 301 g/mol. The van der Waals surface area contributed by atoms with Crippen molar-refractivity contribution in [3.05, 3.63) is 53.4 Å². The summed E-state index contributed by atoms with van der Waals surface area (Å²) in [6.45, 7) is 1.82. The molecule has 0 aliphatic rings. The second-order valence-electron chi connectivity index (χ2n) is 4.35. The number of aryl methyl sites for hydroxylation is 1. The largest absolute Gasteiger partial charge is 0.360 e. The minimum Gasteiger partial charge on any atom is -0.360 e. The summed E-state index contributed by atoms with van der Waals surface area (Å²) in [7, 11) is 0. The van der Waals surface area contributed by atoms with Crippen LogP contribution in [0.2, 0.25) is 5.02 Å². The number of nitrogens with one attached hydrogen (secondary N) is 2. The molecule has 0 spiro atoms. The van der Waals surface area contributed by atoms with E-state index in [2.05, 4.69) is 25.8 Å². The highest BCUT2D eigenvalue weighted by atomic mass is 35.5. The number of nitrogens with zero attached hydrogens (tertiary/aromatic N) is 3. The van der Waals surface area contributed by atoms with E-state index in [-0.39, 0.29) is 0 Å². The lowest BCUT2D eigenvalue weighted by atomic mass is 10.3. The Bertz CT molecular complexity index is 758. The second kappa shape index (κ2) is 5.80. The smallest absolute Gasteiger partial charge is 0.229 e. The molecule has 2 N–H and O–H groups in total. The van der Waals surface area contributed by atoms with Crippen LogP contribution in [0.15, 0.2) is 47.1 Å². The molecule has 0 amide bonds. The van der Waals surface area contributed by atoms with Crippen molar-refractivity contribution in [2.24, 2.45) is 0 Å². The van der Waals surface area contributed by atoms with E-state index < -0.39 is 0 Å². The molecule has 7 heteroatoms. The van der Waals surface area contributed by atoms with Gasteiger partial charge in [0.15, 0.2) is 5.82 Å². The molecule has 0 fully saturated rings. The highest BCUT2D eigenvalue weighted by molar-refractivity contribution is 6.30. The van der Waals surface area contributed by atoms with Crippen molar-refractivity contribution in [1.29, 1.82) is 0 Å². The molecule has 0 saturated carbocycles. The molecule has 3 aromatic rings. The van der Waals surface area contributed by atoms with Gasteiger partial charge in [-0.25, -0.2) is 4.98 Å². The molecule has 0 unspecified atom stereocenters. The molecule has 0 radical (unpaired) electrons. The molecule has 2 aromatic heterocycles. The van der Waals surface area contributed by atoms with Gasteiger partial charge < -0.3 is 15.2 Å². The Kier molecular flexibility index (Phi) is 3.70. The van der Waals surface area contributed by atoms with Gasteiger partial charge in [-0.05, 0) is 31.2 Å². The first kappa shape index (κ1) is 13.4. The maximum atomic E-state index is 5.94. The van der Waals surface area contributed by atoms with Gasteiger partial charge in [-0.1, -0.05) is 22.8 Å². The number of benzene rings is 1. The predicted octanol–water partition coefficient (Wildman–Crippen LogP) is 3.91. The predicted molar refractivity (Wildman–Crippen MR) is 81.3 cm³/mol. The Morgan fingerprint density at radius 1 is 1.10 bits per heavy atom. The summed E-state index contributed by atoms with van der Waals surface area (Å²) in [5.41, 5.74) is 0.817. The molecule has 0 saturated heterocycles. The zero-order chi connectivity index (χ0) is 14.7.